The number of rotatable bonds is 10. The van der Waals surface area contributed by atoms with Gasteiger partial charge in [-0.1, -0.05) is 76.1 Å². The van der Waals surface area contributed by atoms with Gasteiger partial charge in [-0.25, -0.2) is 0 Å². The molecule has 0 aliphatic carbocycles. The lowest BCUT2D eigenvalue weighted by Crippen LogP contribution is -2.32. The summed E-state index contributed by atoms with van der Waals surface area (Å²) in [4.78, 5) is 0. The molecule has 0 aromatic heterocycles. The van der Waals surface area contributed by atoms with E-state index in [0.29, 0.717) is 6.61 Å². The van der Waals surface area contributed by atoms with Gasteiger partial charge in [0.2, 0.25) is 0 Å². The summed E-state index contributed by atoms with van der Waals surface area (Å²) in [6, 6.07) is 8.35. The maximum atomic E-state index is 5.85. The van der Waals surface area contributed by atoms with Crippen molar-refractivity contribution in [2.45, 2.75) is 64.9 Å². The number of unbranched alkanes of at least 4 members (excludes halogenated alkanes) is 7. The van der Waals surface area contributed by atoms with E-state index < -0.39 is 0 Å². The topological polar surface area (TPSA) is 18.5 Å². The van der Waals surface area contributed by atoms with Crippen molar-refractivity contribution in [3.63, 3.8) is 0 Å². The molecule has 0 N–H and O–H groups in total. The van der Waals surface area contributed by atoms with Crippen LogP contribution in [0.15, 0.2) is 24.3 Å². The fraction of sp³-hybridized carbons (Fsp3) is 0.647. The van der Waals surface area contributed by atoms with Gasteiger partial charge in [0.05, 0.1) is 6.61 Å². The average Bonchev–Trinajstić information content (AvgIpc) is 2.89. The first-order valence-electron chi connectivity index (χ1n) is 8.23. The highest BCUT2D eigenvalue weighted by molar-refractivity contribution is 6.62. The van der Waals surface area contributed by atoms with Crippen molar-refractivity contribution in [2.24, 2.45) is 0 Å². The fourth-order valence-corrected chi connectivity index (χ4v) is 2.72. The molecule has 0 saturated carbocycles. The van der Waals surface area contributed by atoms with E-state index in [1.807, 2.05) is 0 Å². The Kier molecular flexibility index (Phi) is 7.17. The molecule has 1 heterocycles. The van der Waals surface area contributed by atoms with Crippen LogP contribution in [0.1, 0.15) is 63.9 Å². The highest BCUT2D eigenvalue weighted by Crippen LogP contribution is 2.12. The molecule has 0 bridgehead atoms. The molecule has 1 aliphatic heterocycles. The van der Waals surface area contributed by atoms with Gasteiger partial charge in [-0.3, -0.25) is 0 Å². The zero-order valence-corrected chi connectivity index (χ0v) is 12.8. The highest BCUT2D eigenvalue weighted by atomic mass is 16.6. The lowest BCUT2D eigenvalue weighted by molar-refractivity contribution is 0.207. The molecular weight excluding hydrogens is 247 g/mol. The second-order valence-electron chi connectivity index (χ2n) is 5.69. The monoisotopic (exact) mass is 274 g/mol. The summed E-state index contributed by atoms with van der Waals surface area (Å²) in [6.07, 6.45) is 10.7. The van der Waals surface area contributed by atoms with E-state index in [0.717, 1.165) is 13.0 Å². The summed E-state index contributed by atoms with van der Waals surface area (Å²) < 4.78 is 11.5. The minimum absolute atomic E-state index is 0.129. The van der Waals surface area contributed by atoms with Crippen LogP contribution < -0.4 is 5.46 Å². The molecule has 1 aliphatic rings. The summed E-state index contributed by atoms with van der Waals surface area (Å²) in [5.74, 6) is 0. The number of fused-ring (bicyclic) bond motifs is 1. The van der Waals surface area contributed by atoms with E-state index in [1.54, 1.807) is 0 Å². The lowest BCUT2D eigenvalue weighted by atomic mass is 9.79. The summed E-state index contributed by atoms with van der Waals surface area (Å²) in [5.41, 5.74) is 2.49. The van der Waals surface area contributed by atoms with Gasteiger partial charge < -0.3 is 9.31 Å². The van der Waals surface area contributed by atoms with Crippen LogP contribution in [-0.4, -0.2) is 13.7 Å². The number of hydrogen-bond acceptors (Lipinski definition) is 2. The maximum Gasteiger partial charge on any atom is 0.494 e. The van der Waals surface area contributed by atoms with Crippen LogP contribution in [-0.2, 0) is 15.9 Å². The first-order valence-corrected chi connectivity index (χ1v) is 8.23. The normalized spacial score (nSPS) is 13.8. The van der Waals surface area contributed by atoms with Gasteiger partial charge in [0.1, 0.15) is 0 Å². The second-order valence-corrected chi connectivity index (χ2v) is 5.69. The molecule has 1 aromatic carbocycles. The predicted octanol–water partition coefficient (Wildman–Crippen LogP) is 4.07. The molecule has 1 aromatic rings. The van der Waals surface area contributed by atoms with Gasteiger partial charge in [-0.15, -0.1) is 0 Å². The zero-order valence-electron chi connectivity index (χ0n) is 12.8. The van der Waals surface area contributed by atoms with E-state index in [1.165, 1.54) is 56.0 Å². The minimum Gasteiger partial charge on any atom is -0.407 e. The molecule has 0 atom stereocenters. The molecule has 0 saturated heterocycles. The molecule has 0 fully saturated rings. The van der Waals surface area contributed by atoms with E-state index in [-0.39, 0.29) is 7.12 Å². The van der Waals surface area contributed by atoms with Crippen LogP contribution >= 0.6 is 0 Å². The van der Waals surface area contributed by atoms with E-state index >= 15 is 0 Å². The molecule has 2 nitrogen and oxygen atoms in total. The Morgan fingerprint density at radius 2 is 1.70 bits per heavy atom. The van der Waals surface area contributed by atoms with Crippen molar-refractivity contribution >= 4 is 12.6 Å². The molecule has 0 unspecified atom stereocenters. The Morgan fingerprint density at radius 1 is 1.00 bits per heavy atom. The number of benzene rings is 1. The lowest BCUT2D eigenvalue weighted by Gasteiger charge is -2.08. The third-order valence-electron chi connectivity index (χ3n) is 3.97. The minimum atomic E-state index is -0.129. The van der Waals surface area contributed by atoms with Crippen molar-refractivity contribution in [1.29, 1.82) is 0 Å². The average molecular weight is 274 g/mol. The Labute approximate surface area is 124 Å². The first-order chi connectivity index (χ1) is 9.92. The van der Waals surface area contributed by atoms with Crippen molar-refractivity contribution in [2.75, 3.05) is 6.61 Å². The van der Waals surface area contributed by atoms with Crippen molar-refractivity contribution in [1.82, 2.24) is 0 Å². The summed E-state index contributed by atoms with van der Waals surface area (Å²) in [6.45, 7) is 3.77. The summed E-state index contributed by atoms with van der Waals surface area (Å²) in [5, 5.41) is 0. The Morgan fingerprint density at radius 3 is 2.50 bits per heavy atom. The fourth-order valence-electron chi connectivity index (χ4n) is 2.72. The third kappa shape index (κ3) is 4.95. The van der Waals surface area contributed by atoms with E-state index in [2.05, 4.69) is 31.2 Å². The van der Waals surface area contributed by atoms with Gasteiger partial charge in [0.15, 0.2) is 0 Å². The molecule has 0 radical (unpaired) electrons. The van der Waals surface area contributed by atoms with Crippen molar-refractivity contribution in [3.8, 4) is 0 Å². The number of hydrogen-bond donors (Lipinski definition) is 0. The zero-order chi connectivity index (χ0) is 14.0. The Bertz CT molecular complexity index is 381. The predicted molar refractivity (Wildman–Crippen MR) is 85.2 cm³/mol. The second kappa shape index (κ2) is 9.20. The maximum absolute atomic E-state index is 5.85. The van der Waals surface area contributed by atoms with Gasteiger partial charge in [0.25, 0.3) is 0 Å². The summed E-state index contributed by atoms with van der Waals surface area (Å²) >= 11 is 0. The van der Waals surface area contributed by atoms with Crippen molar-refractivity contribution in [3.05, 3.63) is 29.8 Å². The first kappa shape index (κ1) is 15.6. The van der Waals surface area contributed by atoms with Crippen LogP contribution in [0.3, 0.4) is 0 Å². The molecule has 2 rings (SSSR count). The van der Waals surface area contributed by atoms with Crippen LogP contribution in [0.5, 0.6) is 0 Å². The van der Waals surface area contributed by atoms with E-state index in [9.17, 15) is 0 Å². The SMILES string of the molecule is CCCCCCCCCCOB1OCc2ccccc21. The standard InChI is InChI=1S/C17H27BO2/c1-2-3-4-5-6-7-8-11-14-19-18-17-13-10-9-12-16(17)15-20-18/h9-10,12-13H,2-8,11,14-15H2,1H3. The third-order valence-corrected chi connectivity index (χ3v) is 3.97. The molecule has 20 heavy (non-hydrogen) atoms. The molecular formula is C17H27BO2. The Hall–Kier alpha value is -0.795. The van der Waals surface area contributed by atoms with Gasteiger partial charge in [0, 0.05) is 6.61 Å². The Balaban J connectivity index is 1.50. The quantitative estimate of drug-likeness (QED) is 0.473. The molecule has 3 heteroatoms. The van der Waals surface area contributed by atoms with Gasteiger partial charge in [-0.05, 0) is 17.4 Å². The van der Waals surface area contributed by atoms with Crippen molar-refractivity contribution < 1.29 is 9.31 Å². The van der Waals surface area contributed by atoms with Gasteiger partial charge >= 0.3 is 7.12 Å². The largest absolute Gasteiger partial charge is 0.494 e. The smallest absolute Gasteiger partial charge is 0.407 e. The van der Waals surface area contributed by atoms with Gasteiger partial charge in [-0.2, -0.15) is 0 Å². The summed E-state index contributed by atoms with van der Waals surface area (Å²) in [7, 11) is -0.129. The molecule has 110 valence electrons. The van der Waals surface area contributed by atoms with E-state index in [4.69, 9.17) is 9.31 Å². The van der Waals surface area contributed by atoms with Crippen LogP contribution in [0, 0.1) is 0 Å². The van der Waals surface area contributed by atoms with Crippen LogP contribution in [0.4, 0.5) is 0 Å². The molecule has 0 amide bonds. The van der Waals surface area contributed by atoms with Crippen LogP contribution in [0.2, 0.25) is 0 Å². The van der Waals surface area contributed by atoms with Crippen LogP contribution in [0.25, 0.3) is 0 Å². The molecule has 0 spiro atoms. The highest BCUT2D eigenvalue weighted by Gasteiger charge is 2.29.